The van der Waals surface area contributed by atoms with Crippen molar-refractivity contribution in [2.45, 2.75) is 44.9 Å². The summed E-state index contributed by atoms with van der Waals surface area (Å²) in [5.74, 6) is 0.0851. The van der Waals surface area contributed by atoms with Gasteiger partial charge in [0.2, 0.25) is 10.0 Å². The fraction of sp³-hybridized carbons (Fsp3) is 0.650. The van der Waals surface area contributed by atoms with Crippen LogP contribution in [0.15, 0.2) is 18.3 Å². The lowest BCUT2D eigenvalue weighted by Crippen LogP contribution is -2.38. The van der Waals surface area contributed by atoms with E-state index in [1.54, 1.807) is 0 Å². The Hall–Kier alpha value is -1.60. The molecule has 4 rings (SSSR count). The quantitative estimate of drug-likeness (QED) is 0.852. The van der Waals surface area contributed by atoms with E-state index in [9.17, 15) is 8.42 Å². The van der Waals surface area contributed by atoms with Gasteiger partial charge in [-0.2, -0.15) is 5.10 Å². The number of anilines is 1. The summed E-state index contributed by atoms with van der Waals surface area (Å²) in [5, 5.41) is 5.66. The number of hydrogen-bond donors (Lipinski definition) is 1. The molecule has 7 heteroatoms. The van der Waals surface area contributed by atoms with E-state index in [1.165, 1.54) is 51.3 Å². The van der Waals surface area contributed by atoms with Crippen molar-refractivity contribution in [3.05, 3.63) is 23.9 Å². The first-order valence-electron chi connectivity index (χ1n) is 10.0. The zero-order valence-corrected chi connectivity index (χ0v) is 17.2. The third kappa shape index (κ3) is 3.85. The molecule has 1 aromatic heterocycles. The van der Waals surface area contributed by atoms with Gasteiger partial charge >= 0.3 is 0 Å². The van der Waals surface area contributed by atoms with E-state index >= 15 is 0 Å². The second-order valence-corrected chi connectivity index (χ2v) is 10.4. The Morgan fingerprint density at radius 3 is 2.52 bits per heavy atom. The number of rotatable bonds is 5. The van der Waals surface area contributed by atoms with E-state index in [1.807, 2.05) is 17.9 Å². The van der Waals surface area contributed by atoms with Crippen LogP contribution in [-0.4, -0.2) is 44.1 Å². The van der Waals surface area contributed by atoms with Crippen LogP contribution in [0.25, 0.3) is 10.9 Å². The van der Waals surface area contributed by atoms with Crippen LogP contribution < -0.4 is 9.62 Å². The number of piperidine rings is 1. The van der Waals surface area contributed by atoms with E-state index in [2.05, 4.69) is 26.9 Å². The number of benzene rings is 1. The van der Waals surface area contributed by atoms with Crippen molar-refractivity contribution in [1.29, 1.82) is 0 Å². The Kier molecular flexibility index (Phi) is 4.93. The molecular weight excluding hydrogens is 360 g/mol. The van der Waals surface area contributed by atoms with Crippen molar-refractivity contribution in [2.75, 3.05) is 30.8 Å². The molecule has 0 unspecified atom stereocenters. The van der Waals surface area contributed by atoms with Crippen molar-refractivity contribution < 1.29 is 8.42 Å². The number of sulfonamides is 1. The Bertz CT molecular complexity index is 919. The van der Waals surface area contributed by atoms with Crippen molar-refractivity contribution in [2.24, 2.45) is 12.5 Å². The predicted molar refractivity (Wildman–Crippen MR) is 110 cm³/mol. The average Bonchev–Trinajstić information content (AvgIpc) is 3.26. The van der Waals surface area contributed by atoms with Gasteiger partial charge < -0.3 is 4.90 Å². The smallest absolute Gasteiger partial charge is 0.211 e. The van der Waals surface area contributed by atoms with Gasteiger partial charge in [-0.25, -0.2) is 13.1 Å². The minimum Gasteiger partial charge on any atom is -0.371 e. The fourth-order valence-corrected chi connectivity index (χ4v) is 5.59. The van der Waals surface area contributed by atoms with Gasteiger partial charge in [-0.3, -0.25) is 4.68 Å². The highest BCUT2D eigenvalue weighted by Crippen LogP contribution is 2.46. The SMILES string of the molecule is CNS(=O)(=O)CCc1cc(N2CCC3(CCCC3)CC2)cc2cn(C)nc12. The van der Waals surface area contributed by atoms with Crippen LogP contribution >= 0.6 is 0 Å². The minimum absolute atomic E-state index is 0.0851. The van der Waals surface area contributed by atoms with Gasteiger partial charge in [-0.15, -0.1) is 0 Å². The monoisotopic (exact) mass is 390 g/mol. The molecule has 0 atom stereocenters. The molecule has 0 amide bonds. The molecule has 2 aromatic rings. The van der Waals surface area contributed by atoms with E-state index in [4.69, 9.17) is 0 Å². The van der Waals surface area contributed by atoms with Gasteiger partial charge in [-0.05, 0) is 62.3 Å². The molecule has 1 aliphatic heterocycles. The van der Waals surface area contributed by atoms with E-state index in [-0.39, 0.29) is 5.75 Å². The van der Waals surface area contributed by atoms with Gasteiger partial charge in [0, 0.05) is 37.4 Å². The largest absolute Gasteiger partial charge is 0.371 e. The standard InChI is InChI=1S/C20H30N4O2S/c1-21-27(25,26)12-5-16-13-18(14-17-15-23(2)22-19(16)17)24-10-8-20(9-11-24)6-3-4-7-20/h13-15,21H,3-12H2,1-2H3. The number of nitrogens with one attached hydrogen (secondary N) is 1. The average molecular weight is 391 g/mol. The van der Waals surface area contributed by atoms with Crippen molar-refractivity contribution in [3.63, 3.8) is 0 Å². The minimum atomic E-state index is -3.23. The number of nitrogens with zero attached hydrogens (tertiary/aromatic N) is 3. The first kappa shape index (κ1) is 18.7. The summed E-state index contributed by atoms with van der Waals surface area (Å²) in [5.41, 5.74) is 3.73. The van der Waals surface area contributed by atoms with Gasteiger partial charge in [0.25, 0.3) is 0 Å². The summed E-state index contributed by atoms with van der Waals surface area (Å²) in [4.78, 5) is 2.48. The van der Waals surface area contributed by atoms with Gasteiger partial charge in [0.05, 0.1) is 11.3 Å². The molecule has 2 fully saturated rings. The summed E-state index contributed by atoms with van der Waals surface area (Å²) < 4.78 is 28.0. The maximum atomic E-state index is 11.9. The van der Waals surface area contributed by atoms with Crippen LogP contribution in [0, 0.1) is 5.41 Å². The maximum absolute atomic E-state index is 11.9. The van der Waals surface area contributed by atoms with Crippen LogP contribution in [0.5, 0.6) is 0 Å². The molecule has 2 heterocycles. The Morgan fingerprint density at radius 1 is 1.15 bits per heavy atom. The van der Waals surface area contributed by atoms with Crippen LogP contribution in [0.2, 0.25) is 0 Å². The number of aryl methyl sites for hydroxylation is 2. The summed E-state index contributed by atoms with van der Waals surface area (Å²) in [7, 11) is 0.152. The highest BCUT2D eigenvalue weighted by molar-refractivity contribution is 7.89. The number of hydrogen-bond acceptors (Lipinski definition) is 4. The zero-order chi connectivity index (χ0) is 19.1. The molecule has 1 spiro atoms. The first-order valence-corrected chi connectivity index (χ1v) is 11.7. The molecular formula is C20H30N4O2S. The van der Waals surface area contributed by atoms with Crippen LogP contribution in [0.3, 0.4) is 0 Å². The lowest BCUT2D eigenvalue weighted by Gasteiger charge is -2.40. The lowest BCUT2D eigenvalue weighted by atomic mass is 9.77. The highest BCUT2D eigenvalue weighted by Gasteiger charge is 2.37. The molecule has 0 radical (unpaired) electrons. The van der Waals surface area contributed by atoms with Gasteiger partial charge in [-0.1, -0.05) is 12.8 Å². The molecule has 27 heavy (non-hydrogen) atoms. The summed E-state index contributed by atoms with van der Waals surface area (Å²) in [6.45, 7) is 2.19. The van der Waals surface area contributed by atoms with Crippen molar-refractivity contribution in [1.82, 2.24) is 14.5 Å². The predicted octanol–water partition coefficient (Wildman–Crippen LogP) is 2.83. The topological polar surface area (TPSA) is 67.2 Å². The first-order chi connectivity index (χ1) is 12.9. The summed E-state index contributed by atoms with van der Waals surface area (Å²) in [6.07, 6.45) is 10.6. The van der Waals surface area contributed by atoms with Crippen LogP contribution in [-0.2, 0) is 23.5 Å². The molecule has 1 aromatic carbocycles. The number of fused-ring (bicyclic) bond motifs is 1. The normalized spacial score (nSPS) is 20.0. The lowest BCUT2D eigenvalue weighted by molar-refractivity contribution is 0.226. The molecule has 0 bridgehead atoms. The Morgan fingerprint density at radius 2 is 1.85 bits per heavy atom. The van der Waals surface area contributed by atoms with Crippen molar-refractivity contribution in [3.8, 4) is 0 Å². The van der Waals surface area contributed by atoms with E-state index in [0.717, 1.165) is 29.6 Å². The Labute approximate surface area is 162 Å². The molecule has 6 nitrogen and oxygen atoms in total. The van der Waals surface area contributed by atoms with Gasteiger partial charge in [0.1, 0.15) is 0 Å². The van der Waals surface area contributed by atoms with Crippen LogP contribution in [0.1, 0.15) is 44.1 Å². The number of aromatic nitrogens is 2. The zero-order valence-electron chi connectivity index (χ0n) is 16.4. The molecule has 1 saturated heterocycles. The highest BCUT2D eigenvalue weighted by atomic mass is 32.2. The van der Waals surface area contributed by atoms with E-state index in [0.29, 0.717) is 11.8 Å². The Balaban J connectivity index is 1.59. The third-order valence-corrected chi connectivity index (χ3v) is 7.95. The summed E-state index contributed by atoms with van der Waals surface area (Å²) in [6, 6.07) is 4.37. The third-order valence-electron chi connectivity index (χ3n) is 6.59. The maximum Gasteiger partial charge on any atom is 0.211 e. The van der Waals surface area contributed by atoms with Gasteiger partial charge in [0.15, 0.2) is 0 Å². The fourth-order valence-electron chi connectivity index (χ4n) is 4.89. The molecule has 1 N–H and O–H groups in total. The second-order valence-electron chi connectivity index (χ2n) is 8.31. The molecule has 148 valence electrons. The molecule has 2 aliphatic rings. The summed E-state index contributed by atoms with van der Waals surface area (Å²) >= 11 is 0. The second kappa shape index (κ2) is 7.09. The van der Waals surface area contributed by atoms with E-state index < -0.39 is 10.0 Å². The molecule has 1 saturated carbocycles. The van der Waals surface area contributed by atoms with Crippen molar-refractivity contribution >= 4 is 26.6 Å². The van der Waals surface area contributed by atoms with Crippen LogP contribution in [0.4, 0.5) is 5.69 Å². The molecule has 1 aliphatic carbocycles.